The highest BCUT2D eigenvalue weighted by molar-refractivity contribution is 5.04. The average Bonchev–Trinajstić information content (AvgIpc) is 2.69. The molecule has 2 heteroatoms. The second-order valence-electron chi connectivity index (χ2n) is 7.60. The molecule has 2 nitrogen and oxygen atoms in total. The predicted molar refractivity (Wildman–Crippen MR) is 78.6 cm³/mol. The first kappa shape index (κ1) is 14.3. The van der Waals surface area contributed by atoms with E-state index < -0.39 is 0 Å². The fraction of sp³-hybridized carbons (Fsp3) is 1.00. The van der Waals surface area contributed by atoms with Gasteiger partial charge >= 0.3 is 0 Å². The molecule has 0 aromatic carbocycles. The molecule has 2 aliphatic rings. The first-order valence-corrected chi connectivity index (χ1v) is 7.89. The van der Waals surface area contributed by atoms with Crippen molar-refractivity contribution in [2.24, 2.45) is 17.6 Å². The van der Waals surface area contributed by atoms with Gasteiger partial charge in [-0.15, -0.1) is 0 Å². The monoisotopic (exact) mass is 252 g/mol. The smallest absolute Gasteiger partial charge is 0.0339 e. The summed E-state index contributed by atoms with van der Waals surface area (Å²) in [5.41, 5.74) is 6.92. The molecule has 2 rings (SSSR count). The minimum absolute atomic E-state index is 0.299. The summed E-state index contributed by atoms with van der Waals surface area (Å²) in [4.78, 5) is 2.77. The van der Waals surface area contributed by atoms with Crippen LogP contribution < -0.4 is 5.73 Å². The molecule has 2 N–H and O–H groups in total. The molecule has 0 radical (unpaired) electrons. The van der Waals surface area contributed by atoms with Crippen molar-refractivity contribution in [2.45, 2.75) is 77.3 Å². The maximum atomic E-state index is 6.26. The van der Waals surface area contributed by atoms with Gasteiger partial charge in [-0.2, -0.15) is 0 Å². The van der Waals surface area contributed by atoms with Crippen LogP contribution in [0.4, 0.5) is 0 Å². The SMILES string of the molecule is CC(C)C1CCCC(CN)(N2CCCC2(C)C)C1. The van der Waals surface area contributed by atoms with Crippen molar-refractivity contribution in [1.29, 1.82) is 0 Å². The summed E-state index contributed by atoms with van der Waals surface area (Å²) in [5.74, 6) is 1.68. The van der Waals surface area contributed by atoms with Gasteiger partial charge in [-0.25, -0.2) is 0 Å². The third kappa shape index (κ3) is 2.46. The zero-order chi connectivity index (χ0) is 13.4. The highest BCUT2D eigenvalue weighted by Crippen LogP contribution is 2.45. The molecule has 2 fully saturated rings. The number of nitrogens with zero attached hydrogens (tertiary/aromatic N) is 1. The molecule has 1 saturated carbocycles. The molecule has 0 aromatic heterocycles. The van der Waals surface area contributed by atoms with E-state index in [0.29, 0.717) is 11.1 Å². The van der Waals surface area contributed by atoms with E-state index in [2.05, 4.69) is 32.6 Å². The summed E-state index contributed by atoms with van der Waals surface area (Å²) in [6, 6.07) is 0. The minimum Gasteiger partial charge on any atom is -0.329 e. The second kappa shape index (κ2) is 5.13. The maximum Gasteiger partial charge on any atom is 0.0339 e. The fourth-order valence-electron chi connectivity index (χ4n) is 4.48. The van der Waals surface area contributed by atoms with E-state index in [1.807, 2.05) is 0 Å². The van der Waals surface area contributed by atoms with Crippen molar-refractivity contribution in [3.63, 3.8) is 0 Å². The largest absolute Gasteiger partial charge is 0.329 e. The zero-order valence-corrected chi connectivity index (χ0v) is 12.8. The highest BCUT2D eigenvalue weighted by Gasteiger charge is 2.48. The van der Waals surface area contributed by atoms with E-state index >= 15 is 0 Å². The zero-order valence-electron chi connectivity index (χ0n) is 12.8. The number of likely N-dealkylation sites (tertiary alicyclic amines) is 1. The Labute approximate surface area is 113 Å². The topological polar surface area (TPSA) is 29.3 Å². The van der Waals surface area contributed by atoms with Gasteiger partial charge in [0.2, 0.25) is 0 Å². The lowest BCUT2D eigenvalue weighted by molar-refractivity contribution is -0.0145. The quantitative estimate of drug-likeness (QED) is 0.834. The molecule has 1 saturated heterocycles. The molecule has 1 aliphatic carbocycles. The van der Waals surface area contributed by atoms with Gasteiger partial charge in [0.1, 0.15) is 0 Å². The van der Waals surface area contributed by atoms with Crippen molar-refractivity contribution >= 4 is 0 Å². The van der Waals surface area contributed by atoms with Crippen molar-refractivity contribution in [3.8, 4) is 0 Å². The van der Waals surface area contributed by atoms with Crippen LogP contribution in [0.25, 0.3) is 0 Å². The molecule has 0 amide bonds. The first-order chi connectivity index (χ1) is 8.41. The van der Waals surface area contributed by atoms with E-state index in [1.54, 1.807) is 0 Å². The van der Waals surface area contributed by atoms with Crippen LogP contribution in [0.15, 0.2) is 0 Å². The predicted octanol–water partition coefficient (Wildman–Crippen LogP) is 3.40. The lowest BCUT2D eigenvalue weighted by atomic mass is 9.70. The Hall–Kier alpha value is -0.0800. The number of rotatable bonds is 3. The molecule has 2 atom stereocenters. The van der Waals surface area contributed by atoms with E-state index in [4.69, 9.17) is 5.73 Å². The van der Waals surface area contributed by atoms with Crippen molar-refractivity contribution < 1.29 is 0 Å². The Morgan fingerprint density at radius 2 is 1.94 bits per heavy atom. The van der Waals surface area contributed by atoms with E-state index in [0.717, 1.165) is 18.4 Å². The normalized spacial score (nSPS) is 37.3. The number of nitrogens with two attached hydrogens (primary N) is 1. The standard InChI is InChI=1S/C16H32N2/c1-13(2)14-7-5-9-16(11-14,12-17)18-10-6-8-15(18,3)4/h13-14H,5-12,17H2,1-4H3. The van der Waals surface area contributed by atoms with Gasteiger partial charge in [-0.3, -0.25) is 4.90 Å². The molecule has 0 spiro atoms. The number of hydrogen-bond donors (Lipinski definition) is 1. The van der Waals surface area contributed by atoms with E-state index in [9.17, 15) is 0 Å². The third-order valence-corrected chi connectivity index (χ3v) is 5.66. The molecular formula is C16H32N2. The van der Waals surface area contributed by atoms with Gasteiger partial charge in [0.05, 0.1) is 0 Å². The van der Waals surface area contributed by atoms with Crippen molar-refractivity contribution in [2.75, 3.05) is 13.1 Å². The third-order valence-electron chi connectivity index (χ3n) is 5.66. The Kier molecular flexibility index (Phi) is 4.08. The van der Waals surface area contributed by atoms with Crippen LogP contribution in [-0.4, -0.2) is 29.1 Å². The molecular weight excluding hydrogens is 220 g/mol. The Balaban J connectivity index is 2.19. The van der Waals surface area contributed by atoms with Crippen LogP contribution in [0.1, 0.15) is 66.2 Å². The summed E-state index contributed by atoms with van der Waals surface area (Å²) in [5, 5.41) is 0. The summed E-state index contributed by atoms with van der Waals surface area (Å²) >= 11 is 0. The summed E-state index contributed by atoms with van der Waals surface area (Å²) in [7, 11) is 0. The lowest BCUT2D eigenvalue weighted by Gasteiger charge is -2.52. The van der Waals surface area contributed by atoms with Gasteiger partial charge in [0, 0.05) is 17.6 Å². The first-order valence-electron chi connectivity index (χ1n) is 7.89. The second-order valence-corrected chi connectivity index (χ2v) is 7.60. The Bertz CT molecular complexity index is 285. The van der Waals surface area contributed by atoms with Gasteiger partial charge in [0.25, 0.3) is 0 Å². The molecule has 106 valence electrons. The molecule has 2 unspecified atom stereocenters. The van der Waals surface area contributed by atoms with Crippen LogP contribution in [0, 0.1) is 11.8 Å². The molecule has 1 aliphatic heterocycles. The van der Waals surface area contributed by atoms with Gasteiger partial charge < -0.3 is 5.73 Å². The van der Waals surface area contributed by atoms with Crippen molar-refractivity contribution in [3.05, 3.63) is 0 Å². The number of hydrogen-bond acceptors (Lipinski definition) is 2. The van der Waals surface area contributed by atoms with Gasteiger partial charge in [0.15, 0.2) is 0 Å². The van der Waals surface area contributed by atoms with Gasteiger partial charge in [-0.1, -0.05) is 26.7 Å². The van der Waals surface area contributed by atoms with E-state index in [1.165, 1.54) is 45.1 Å². The van der Waals surface area contributed by atoms with Crippen LogP contribution in [0.5, 0.6) is 0 Å². The highest BCUT2D eigenvalue weighted by atomic mass is 15.3. The fourth-order valence-corrected chi connectivity index (χ4v) is 4.48. The lowest BCUT2D eigenvalue weighted by Crippen LogP contribution is -2.61. The Morgan fingerprint density at radius 1 is 1.22 bits per heavy atom. The summed E-state index contributed by atoms with van der Waals surface area (Å²) < 4.78 is 0. The molecule has 0 aromatic rings. The summed E-state index contributed by atoms with van der Waals surface area (Å²) in [6.07, 6.45) is 8.10. The van der Waals surface area contributed by atoms with E-state index in [-0.39, 0.29) is 0 Å². The molecule has 1 heterocycles. The van der Waals surface area contributed by atoms with Crippen LogP contribution in [0.2, 0.25) is 0 Å². The van der Waals surface area contributed by atoms with Crippen molar-refractivity contribution in [1.82, 2.24) is 4.90 Å². The van der Waals surface area contributed by atoms with Gasteiger partial charge in [-0.05, 0) is 57.9 Å². The minimum atomic E-state index is 0.299. The van der Waals surface area contributed by atoms with Crippen LogP contribution >= 0.6 is 0 Å². The average molecular weight is 252 g/mol. The summed E-state index contributed by atoms with van der Waals surface area (Å²) in [6.45, 7) is 11.7. The van der Waals surface area contributed by atoms with Crippen LogP contribution in [0.3, 0.4) is 0 Å². The maximum absolute atomic E-state index is 6.26. The Morgan fingerprint density at radius 3 is 2.44 bits per heavy atom. The molecule has 18 heavy (non-hydrogen) atoms. The molecule has 0 bridgehead atoms. The van der Waals surface area contributed by atoms with Crippen LogP contribution in [-0.2, 0) is 0 Å².